The van der Waals surface area contributed by atoms with Gasteiger partial charge in [-0.1, -0.05) is 0 Å². The molecule has 0 bridgehead atoms. The van der Waals surface area contributed by atoms with Crippen molar-refractivity contribution in [3.8, 4) is 11.5 Å². The molecule has 0 saturated carbocycles. The number of nitrogens with zero attached hydrogens (tertiary/aromatic N) is 2. The van der Waals surface area contributed by atoms with Gasteiger partial charge in [0.15, 0.2) is 5.36 Å². The van der Waals surface area contributed by atoms with Crippen molar-refractivity contribution < 1.29 is 27.0 Å². The quantitative estimate of drug-likeness (QED) is 0.143. The number of nitrogens with one attached hydrogen (secondary N) is 4. The summed E-state index contributed by atoms with van der Waals surface area (Å²) in [6.45, 7) is 0. The van der Waals surface area contributed by atoms with Gasteiger partial charge in [0.25, 0.3) is 0 Å². The normalized spacial score (nSPS) is 13.1. The number of phenols is 2. The molecule has 3 rings (SSSR count). The summed E-state index contributed by atoms with van der Waals surface area (Å²) < 4.78 is 51.5. The predicted octanol–water partition coefficient (Wildman–Crippen LogP) is -1.63. The average Bonchev–Trinajstić information content (AvgIpc) is 2.84. The molecule has 36 heavy (non-hydrogen) atoms. The zero-order valence-electron chi connectivity index (χ0n) is 18.7. The molecule has 0 amide bonds. The van der Waals surface area contributed by atoms with E-state index in [0.29, 0.717) is 0 Å². The van der Waals surface area contributed by atoms with Crippen LogP contribution >= 0.6 is 0 Å². The molecule has 190 valence electrons. The van der Waals surface area contributed by atoms with Crippen LogP contribution < -0.4 is 41.9 Å². The Morgan fingerprint density at radius 3 is 1.61 bits per heavy atom. The van der Waals surface area contributed by atoms with Crippen molar-refractivity contribution in [2.75, 3.05) is 24.9 Å². The highest BCUT2D eigenvalue weighted by Crippen LogP contribution is 2.27. The first-order valence-electron chi connectivity index (χ1n) is 9.87. The summed E-state index contributed by atoms with van der Waals surface area (Å²) in [6.07, 6.45) is 0. The zero-order chi connectivity index (χ0) is 26.7. The Labute approximate surface area is 204 Å². The minimum atomic E-state index is -3.81. The number of rotatable bonds is 8. The van der Waals surface area contributed by atoms with Gasteiger partial charge < -0.3 is 10.2 Å². The number of hydrogen-bond acceptors (Lipinski definition) is 12. The lowest BCUT2D eigenvalue weighted by atomic mass is 10.3. The maximum Gasteiger partial charge on any atom is 0.240 e. The second-order valence-corrected chi connectivity index (χ2v) is 10.8. The average molecular weight is 537 g/mol. The largest absolute Gasteiger partial charge is 0.506 e. The van der Waals surface area contributed by atoms with E-state index < -0.39 is 47.8 Å². The van der Waals surface area contributed by atoms with Crippen LogP contribution in [0.1, 0.15) is 0 Å². The Morgan fingerprint density at radius 2 is 1.17 bits per heavy atom. The predicted molar refractivity (Wildman–Crippen MR) is 128 cm³/mol. The summed E-state index contributed by atoms with van der Waals surface area (Å²) in [5, 5.41) is 26.9. The van der Waals surface area contributed by atoms with Crippen LogP contribution in [0.25, 0.3) is 0 Å². The fourth-order valence-corrected chi connectivity index (χ4v) is 4.25. The van der Waals surface area contributed by atoms with E-state index in [1.54, 1.807) is 0 Å². The highest BCUT2D eigenvalue weighted by atomic mass is 32.2. The second kappa shape index (κ2) is 10.2. The van der Waals surface area contributed by atoms with E-state index in [9.17, 15) is 36.6 Å². The summed E-state index contributed by atoms with van der Waals surface area (Å²) in [6, 6.07) is 8.86. The van der Waals surface area contributed by atoms with Crippen LogP contribution in [-0.4, -0.2) is 41.1 Å². The van der Waals surface area contributed by atoms with Crippen LogP contribution in [0.15, 0.2) is 78.1 Å². The Hall–Kier alpha value is -4.12. The van der Waals surface area contributed by atoms with Crippen LogP contribution in [0, 0.1) is 0 Å². The van der Waals surface area contributed by atoms with Crippen molar-refractivity contribution in [1.29, 1.82) is 0 Å². The van der Waals surface area contributed by atoms with E-state index in [-0.39, 0.29) is 26.5 Å². The molecule has 16 heteroatoms. The monoisotopic (exact) mass is 536 g/mol. The van der Waals surface area contributed by atoms with E-state index in [2.05, 4.69) is 30.5 Å². The molecule has 0 aliphatic rings. The second-order valence-electron chi connectivity index (χ2n) is 6.98. The van der Waals surface area contributed by atoms with Crippen molar-refractivity contribution in [1.82, 2.24) is 9.44 Å². The first kappa shape index (κ1) is 26.5. The molecule has 6 N–H and O–H groups in total. The van der Waals surface area contributed by atoms with Crippen molar-refractivity contribution in [3.05, 3.63) is 79.7 Å². The molecule has 0 unspecified atom stereocenters. The molecular weight excluding hydrogens is 516 g/mol. The summed E-state index contributed by atoms with van der Waals surface area (Å²) in [5.41, 5.74) is 3.00. The summed E-state index contributed by atoms with van der Waals surface area (Å²) >= 11 is 0. The van der Waals surface area contributed by atoms with Gasteiger partial charge in [-0.25, -0.2) is 26.3 Å². The molecule has 0 saturated heterocycles. The number of anilines is 2. The fraction of sp³-hybridized carbons (Fsp3) is 0.100. The van der Waals surface area contributed by atoms with Gasteiger partial charge in [-0.15, -0.1) is 0 Å². The first-order valence-corrected chi connectivity index (χ1v) is 12.8. The maximum atomic E-state index is 12.7. The van der Waals surface area contributed by atoms with Crippen LogP contribution in [0.4, 0.5) is 11.4 Å². The van der Waals surface area contributed by atoms with Gasteiger partial charge in [0.05, 0.1) is 21.2 Å². The van der Waals surface area contributed by atoms with Crippen molar-refractivity contribution in [2.24, 2.45) is 10.2 Å². The molecule has 0 fully saturated rings. The Bertz CT molecular complexity index is 1760. The van der Waals surface area contributed by atoms with E-state index >= 15 is 0 Å². The molecule has 0 heterocycles. The molecule has 0 aromatic heterocycles. The van der Waals surface area contributed by atoms with Crippen molar-refractivity contribution >= 4 is 31.4 Å². The number of benzene rings is 3. The summed E-state index contributed by atoms with van der Waals surface area (Å²) in [5.74, 6) is -0.967. The summed E-state index contributed by atoms with van der Waals surface area (Å²) in [7, 11) is -5.17. The van der Waals surface area contributed by atoms with E-state index in [4.69, 9.17) is 0 Å². The molecule has 0 atom stereocenters. The SMILES string of the molecule is CNS(=O)(=O)c1ccc(NN=c2ccc(=O)c(=NNc3ccc(S(=O)(=O)NC)cc3O)c2=O)c(O)c1. The Balaban J connectivity index is 1.94. The third kappa shape index (κ3) is 5.57. The zero-order valence-corrected chi connectivity index (χ0v) is 20.3. The molecule has 0 aliphatic carbocycles. The van der Waals surface area contributed by atoms with E-state index in [1.807, 2.05) is 0 Å². The minimum Gasteiger partial charge on any atom is -0.506 e. The van der Waals surface area contributed by atoms with Gasteiger partial charge in [0, 0.05) is 12.1 Å². The molecule has 3 aromatic rings. The van der Waals surface area contributed by atoms with Crippen LogP contribution in [0.5, 0.6) is 11.5 Å². The smallest absolute Gasteiger partial charge is 0.240 e. The molecule has 0 aliphatic heterocycles. The van der Waals surface area contributed by atoms with Crippen LogP contribution in [0.2, 0.25) is 0 Å². The Morgan fingerprint density at radius 1 is 0.694 bits per heavy atom. The van der Waals surface area contributed by atoms with Crippen molar-refractivity contribution in [3.63, 3.8) is 0 Å². The lowest BCUT2D eigenvalue weighted by Gasteiger charge is -2.07. The molecule has 0 spiro atoms. The van der Waals surface area contributed by atoms with Crippen LogP contribution in [0.3, 0.4) is 0 Å². The summed E-state index contributed by atoms with van der Waals surface area (Å²) in [4.78, 5) is 24.4. The minimum absolute atomic E-state index is 0.0196. The van der Waals surface area contributed by atoms with Gasteiger partial charge in [0.1, 0.15) is 16.9 Å². The lowest BCUT2D eigenvalue weighted by Crippen LogP contribution is -2.47. The third-order valence-electron chi connectivity index (χ3n) is 4.76. The van der Waals surface area contributed by atoms with Crippen molar-refractivity contribution in [2.45, 2.75) is 9.79 Å². The molecule has 3 aromatic carbocycles. The Kier molecular flexibility index (Phi) is 7.54. The third-order valence-corrected chi connectivity index (χ3v) is 7.58. The highest BCUT2D eigenvalue weighted by molar-refractivity contribution is 7.89. The van der Waals surface area contributed by atoms with Gasteiger partial charge in [-0.2, -0.15) is 10.2 Å². The molecular formula is C20H20N6O8S2. The fourth-order valence-electron chi connectivity index (χ4n) is 2.75. The van der Waals surface area contributed by atoms with Crippen LogP contribution in [-0.2, 0) is 20.0 Å². The number of aromatic hydroxyl groups is 2. The maximum absolute atomic E-state index is 12.7. The lowest BCUT2D eigenvalue weighted by molar-refractivity contribution is 0.474. The topological polar surface area (TPSA) is 216 Å². The number of sulfonamides is 2. The highest BCUT2D eigenvalue weighted by Gasteiger charge is 2.15. The van der Waals surface area contributed by atoms with Gasteiger partial charge in [-0.3, -0.25) is 20.4 Å². The first-order chi connectivity index (χ1) is 16.9. The number of hydrogen-bond donors (Lipinski definition) is 6. The molecule has 0 radical (unpaired) electrons. The van der Waals surface area contributed by atoms with E-state index in [0.717, 1.165) is 24.3 Å². The standard InChI is InChI=1S/C20H20N6O8S2/c1-21-35(31,32)11-3-5-13(17(28)9-11)23-25-15-7-8-16(27)19(20(15)30)26-24-14-6-4-12(10-18(14)29)36(33,34)22-2/h3-10,21-24,28-29H,1-2H3. The van der Waals surface area contributed by atoms with E-state index in [1.165, 1.54) is 38.4 Å². The van der Waals surface area contributed by atoms with Gasteiger partial charge in [-0.05, 0) is 50.5 Å². The molecule has 14 nitrogen and oxygen atoms in total. The van der Waals surface area contributed by atoms with Gasteiger partial charge >= 0.3 is 0 Å². The number of phenolic OH excluding ortho intramolecular Hbond substituents is 2. The van der Waals surface area contributed by atoms with Gasteiger partial charge in [0.2, 0.25) is 30.9 Å².